The summed E-state index contributed by atoms with van der Waals surface area (Å²) < 4.78 is 12.9. The molecule has 0 fully saturated rings. The summed E-state index contributed by atoms with van der Waals surface area (Å²) in [6.45, 7) is 4.32. The number of hydrogen-bond acceptors (Lipinski definition) is 2. The molecule has 0 spiro atoms. The third-order valence-corrected chi connectivity index (χ3v) is 3.22. The fourth-order valence-corrected chi connectivity index (χ4v) is 2.35. The molecule has 0 heterocycles. The molecule has 1 aromatic rings. The lowest BCUT2D eigenvalue weighted by Gasteiger charge is -2.13. The lowest BCUT2D eigenvalue weighted by Crippen LogP contribution is -2.24. The number of rotatable bonds is 5. The van der Waals surface area contributed by atoms with Gasteiger partial charge in [0.25, 0.3) is 0 Å². The highest BCUT2D eigenvalue weighted by Gasteiger charge is 2.06. The van der Waals surface area contributed by atoms with E-state index < -0.39 is 0 Å². The average molecular weight is 227 g/mol. The molecule has 0 aliphatic heterocycles. The first kappa shape index (κ1) is 12.5. The van der Waals surface area contributed by atoms with Gasteiger partial charge in [-0.2, -0.15) is 0 Å². The van der Waals surface area contributed by atoms with Crippen LogP contribution < -0.4 is 5.73 Å². The zero-order valence-electron chi connectivity index (χ0n) is 9.24. The molecule has 15 heavy (non-hydrogen) atoms. The van der Waals surface area contributed by atoms with Crippen molar-refractivity contribution in [2.24, 2.45) is 11.7 Å². The predicted octanol–water partition coefficient (Wildman–Crippen LogP) is 3.29. The summed E-state index contributed by atoms with van der Waals surface area (Å²) in [5.74, 6) is 1.28. The van der Waals surface area contributed by atoms with Gasteiger partial charge in [-0.15, -0.1) is 11.8 Å². The molecule has 0 radical (unpaired) electrons. The molecule has 1 aromatic carbocycles. The van der Waals surface area contributed by atoms with Crippen LogP contribution >= 0.6 is 11.8 Å². The highest BCUT2D eigenvalue weighted by atomic mass is 32.2. The molecule has 1 unspecified atom stereocenters. The molecule has 2 N–H and O–H groups in total. The summed E-state index contributed by atoms with van der Waals surface area (Å²) in [5, 5.41) is 0. The third-order valence-electron chi connectivity index (χ3n) is 2.03. The van der Waals surface area contributed by atoms with E-state index in [2.05, 4.69) is 13.8 Å². The van der Waals surface area contributed by atoms with E-state index in [-0.39, 0.29) is 11.9 Å². The topological polar surface area (TPSA) is 26.0 Å². The van der Waals surface area contributed by atoms with Crippen molar-refractivity contribution in [1.29, 1.82) is 0 Å². The Kier molecular flexibility index (Phi) is 5.12. The van der Waals surface area contributed by atoms with E-state index in [0.717, 1.165) is 17.1 Å². The predicted molar refractivity (Wildman–Crippen MR) is 64.6 cm³/mol. The normalized spacial score (nSPS) is 13.1. The summed E-state index contributed by atoms with van der Waals surface area (Å²) in [5.41, 5.74) is 5.95. The molecule has 1 atom stereocenters. The van der Waals surface area contributed by atoms with Crippen LogP contribution in [0.1, 0.15) is 20.3 Å². The van der Waals surface area contributed by atoms with Gasteiger partial charge < -0.3 is 5.73 Å². The van der Waals surface area contributed by atoms with Crippen LogP contribution in [0.5, 0.6) is 0 Å². The quantitative estimate of drug-likeness (QED) is 0.781. The molecule has 3 heteroatoms. The van der Waals surface area contributed by atoms with Crippen LogP contribution in [0.15, 0.2) is 29.2 Å². The van der Waals surface area contributed by atoms with Crippen LogP contribution in [-0.2, 0) is 0 Å². The van der Waals surface area contributed by atoms with Gasteiger partial charge in [0, 0.05) is 16.7 Å². The zero-order chi connectivity index (χ0) is 11.3. The van der Waals surface area contributed by atoms with Crippen molar-refractivity contribution in [3.05, 3.63) is 30.1 Å². The number of benzene rings is 1. The Morgan fingerprint density at radius 2 is 2.13 bits per heavy atom. The summed E-state index contributed by atoms with van der Waals surface area (Å²) in [6, 6.07) is 6.84. The summed E-state index contributed by atoms with van der Waals surface area (Å²) in [4.78, 5) is 0.953. The molecule has 0 saturated carbocycles. The first-order valence-electron chi connectivity index (χ1n) is 5.22. The second-order valence-electron chi connectivity index (χ2n) is 4.16. The second kappa shape index (κ2) is 6.13. The van der Waals surface area contributed by atoms with Crippen molar-refractivity contribution in [2.75, 3.05) is 5.75 Å². The maximum atomic E-state index is 12.9. The van der Waals surface area contributed by atoms with E-state index in [1.165, 1.54) is 6.07 Å². The largest absolute Gasteiger partial charge is 0.327 e. The maximum Gasteiger partial charge on any atom is 0.124 e. The Balaban J connectivity index is 2.36. The van der Waals surface area contributed by atoms with Gasteiger partial charge in [-0.1, -0.05) is 19.9 Å². The van der Waals surface area contributed by atoms with Crippen molar-refractivity contribution in [3.8, 4) is 0 Å². The highest BCUT2D eigenvalue weighted by Crippen LogP contribution is 2.20. The number of nitrogens with two attached hydrogens (primary N) is 1. The first-order chi connectivity index (χ1) is 7.08. The van der Waals surface area contributed by atoms with Gasteiger partial charge in [-0.05, 0) is 30.5 Å². The molecule has 1 rings (SSSR count). The monoisotopic (exact) mass is 227 g/mol. The Hall–Kier alpha value is -0.540. The van der Waals surface area contributed by atoms with Gasteiger partial charge in [-0.25, -0.2) is 4.39 Å². The van der Waals surface area contributed by atoms with E-state index >= 15 is 0 Å². The minimum Gasteiger partial charge on any atom is -0.327 e. The lowest BCUT2D eigenvalue weighted by molar-refractivity contribution is 0.524. The van der Waals surface area contributed by atoms with Crippen molar-refractivity contribution in [1.82, 2.24) is 0 Å². The summed E-state index contributed by atoms with van der Waals surface area (Å²) >= 11 is 1.62. The van der Waals surface area contributed by atoms with Crippen molar-refractivity contribution < 1.29 is 4.39 Å². The van der Waals surface area contributed by atoms with Gasteiger partial charge in [0.2, 0.25) is 0 Å². The average Bonchev–Trinajstić information content (AvgIpc) is 2.14. The van der Waals surface area contributed by atoms with Crippen LogP contribution in [0.2, 0.25) is 0 Å². The van der Waals surface area contributed by atoms with Gasteiger partial charge in [-0.3, -0.25) is 0 Å². The van der Waals surface area contributed by atoms with Crippen LogP contribution in [0, 0.1) is 11.7 Å². The van der Waals surface area contributed by atoms with Crippen LogP contribution in [0.4, 0.5) is 4.39 Å². The van der Waals surface area contributed by atoms with Crippen molar-refractivity contribution in [2.45, 2.75) is 31.2 Å². The molecule has 0 bridgehead atoms. The molecule has 0 amide bonds. The Morgan fingerprint density at radius 1 is 1.40 bits per heavy atom. The molecular formula is C12H18FNS. The zero-order valence-corrected chi connectivity index (χ0v) is 10.1. The standard InChI is InChI=1S/C12H18FNS/c1-9(2)6-11(14)8-15-12-5-3-4-10(13)7-12/h3-5,7,9,11H,6,8,14H2,1-2H3. The van der Waals surface area contributed by atoms with E-state index in [0.29, 0.717) is 5.92 Å². The Morgan fingerprint density at radius 3 is 2.73 bits per heavy atom. The minimum absolute atomic E-state index is 0.183. The van der Waals surface area contributed by atoms with E-state index in [9.17, 15) is 4.39 Å². The molecular weight excluding hydrogens is 209 g/mol. The van der Waals surface area contributed by atoms with Gasteiger partial charge >= 0.3 is 0 Å². The lowest BCUT2D eigenvalue weighted by atomic mass is 10.1. The van der Waals surface area contributed by atoms with Crippen molar-refractivity contribution >= 4 is 11.8 Å². The van der Waals surface area contributed by atoms with E-state index in [1.54, 1.807) is 23.9 Å². The fourth-order valence-electron chi connectivity index (χ4n) is 1.43. The molecule has 0 aliphatic carbocycles. The molecule has 84 valence electrons. The van der Waals surface area contributed by atoms with Crippen molar-refractivity contribution in [3.63, 3.8) is 0 Å². The summed E-state index contributed by atoms with van der Waals surface area (Å²) in [7, 11) is 0. The molecule has 1 nitrogen and oxygen atoms in total. The van der Waals surface area contributed by atoms with E-state index in [1.807, 2.05) is 6.07 Å². The molecule has 0 aliphatic rings. The second-order valence-corrected chi connectivity index (χ2v) is 5.25. The number of halogens is 1. The first-order valence-corrected chi connectivity index (χ1v) is 6.20. The van der Waals surface area contributed by atoms with Crippen LogP contribution in [0.25, 0.3) is 0 Å². The Labute approximate surface area is 95.2 Å². The van der Waals surface area contributed by atoms with Gasteiger partial charge in [0.05, 0.1) is 0 Å². The minimum atomic E-state index is -0.183. The Bertz CT molecular complexity index is 301. The molecule has 0 saturated heterocycles. The fraction of sp³-hybridized carbons (Fsp3) is 0.500. The molecule has 0 aromatic heterocycles. The highest BCUT2D eigenvalue weighted by molar-refractivity contribution is 7.99. The number of thioether (sulfide) groups is 1. The SMILES string of the molecule is CC(C)CC(N)CSc1cccc(F)c1. The van der Waals surface area contributed by atoms with Crippen LogP contribution in [-0.4, -0.2) is 11.8 Å². The summed E-state index contributed by atoms with van der Waals surface area (Å²) in [6.07, 6.45) is 1.02. The van der Waals surface area contributed by atoms with Gasteiger partial charge in [0.15, 0.2) is 0 Å². The number of hydrogen-bond donors (Lipinski definition) is 1. The smallest absolute Gasteiger partial charge is 0.124 e. The third kappa shape index (κ3) is 5.19. The van der Waals surface area contributed by atoms with E-state index in [4.69, 9.17) is 5.73 Å². The maximum absolute atomic E-state index is 12.9. The van der Waals surface area contributed by atoms with Crippen LogP contribution in [0.3, 0.4) is 0 Å². The van der Waals surface area contributed by atoms with Gasteiger partial charge in [0.1, 0.15) is 5.82 Å².